The molecular weight excluding hydrogens is 350 g/mol. The summed E-state index contributed by atoms with van der Waals surface area (Å²) in [6.45, 7) is 5.01. The fraction of sp³-hybridized carbons (Fsp3) is 0.250. The molecule has 1 aromatic carbocycles. The quantitative estimate of drug-likeness (QED) is 0.837. The van der Waals surface area contributed by atoms with Crippen LogP contribution in [0.1, 0.15) is 27.4 Å². The highest BCUT2D eigenvalue weighted by Crippen LogP contribution is 2.20. The van der Waals surface area contributed by atoms with E-state index in [1.165, 1.54) is 0 Å². The first-order valence-corrected chi connectivity index (χ1v) is 7.46. The van der Waals surface area contributed by atoms with Gasteiger partial charge in [-0.05, 0) is 44.5 Å². The largest absolute Gasteiger partial charge is 0.466 e. The van der Waals surface area contributed by atoms with Crippen LogP contribution >= 0.6 is 15.9 Å². The monoisotopic (exact) mass is 365 g/mol. The van der Waals surface area contributed by atoms with Crippen LogP contribution < -0.4 is 5.32 Å². The number of amides is 1. The van der Waals surface area contributed by atoms with Gasteiger partial charge in [0, 0.05) is 10.2 Å². The van der Waals surface area contributed by atoms with Crippen molar-refractivity contribution in [1.29, 1.82) is 0 Å². The van der Waals surface area contributed by atoms with Crippen molar-refractivity contribution in [3.05, 3.63) is 51.4 Å². The Hall–Kier alpha value is -2.08. The molecule has 1 heterocycles. The van der Waals surface area contributed by atoms with Gasteiger partial charge < -0.3 is 14.5 Å². The molecule has 116 valence electrons. The fourth-order valence-electron chi connectivity index (χ4n) is 1.91. The summed E-state index contributed by atoms with van der Waals surface area (Å²) in [6, 6.07) is 7.04. The van der Waals surface area contributed by atoms with Crippen LogP contribution in [0.3, 0.4) is 0 Å². The van der Waals surface area contributed by atoms with Crippen LogP contribution in [0.4, 0.5) is 5.69 Å². The summed E-state index contributed by atoms with van der Waals surface area (Å²) < 4.78 is 11.1. The summed E-state index contributed by atoms with van der Waals surface area (Å²) in [7, 11) is 0. The van der Waals surface area contributed by atoms with Crippen molar-refractivity contribution in [2.24, 2.45) is 0 Å². The van der Waals surface area contributed by atoms with Crippen LogP contribution in [0.2, 0.25) is 0 Å². The highest BCUT2D eigenvalue weighted by Gasteiger charge is 2.16. The average Bonchev–Trinajstić information content (AvgIpc) is 2.79. The average molecular weight is 366 g/mol. The summed E-state index contributed by atoms with van der Waals surface area (Å²) in [5.74, 6) is 0.125. The molecule has 0 unspecified atom stereocenters. The van der Waals surface area contributed by atoms with Gasteiger partial charge in [0.25, 0.3) is 5.91 Å². The van der Waals surface area contributed by atoms with Crippen LogP contribution in [-0.4, -0.2) is 18.5 Å². The second kappa shape index (κ2) is 6.79. The number of ether oxygens (including phenoxy) is 1. The number of hydrogen-bond donors (Lipinski definition) is 1. The Morgan fingerprint density at radius 3 is 2.55 bits per heavy atom. The molecule has 0 radical (unpaired) electrons. The number of furan rings is 1. The number of rotatable bonds is 4. The van der Waals surface area contributed by atoms with E-state index in [1.54, 1.807) is 32.0 Å². The Morgan fingerprint density at radius 1 is 1.23 bits per heavy atom. The molecule has 1 aromatic heterocycles. The summed E-state index contributed by atoms with van der Waals surface area (Å²) in [5, 5.41) is 2.67. The zero-order chi connectivity index (χ0) is 16.3. The van der Waals surface area contributed by atoms with Gasteiger partial charge in [0.05, 0.1) is 0 Å². The van der Waals surface area contributed by atoms with Gasteiger partial charge in [0.15, 0.2) is 6.61 Å². The number of esters is 1. The van der Waals surface area contributed by atoms with E-state index in [0.29, 0.717) is 22.8 Å². The minimum Gasteiger partial charge on any atom is -0.466 e. The first-order valence-electron chi connectivity index (χ1n) is 6.67. The minimum atomic E-state index is -0.574. The van der Waals surface area contributed by atoms with E-state index in [0.717, 1.165) is 10.0 Å². The van der Waals surface area contributed by atoms with Gasteiger partial charge >= 0.3 is 5.97 Å². The molecule has 5 nitrogen and oxygen atoms in total. The zero-order valence-corrected chi connectivity index (χ0v) is 14.1. The first-order chi connectivity index (χ1) is 10.4. The second-order valence-corrected chi connectivity index (χ2v) is 5.77. The van der Waals surface area contributed by atoms with Crippen molar-refractivity contribution in [2.45, 2.75) is 20.8 Å². The Kier molecular flexibility index (Phi) is 5.03. The smallest absolute Gasteiger partial charge is 0.342 e. The maximum Gasteiger partial charge on any atom is 0.342 e. The van der Waals surface area contributed by atoms with E-state index >= 15 is 0 Å². The number of carbonyl (C=O) groups is 2. The lowest BCUT2D eigenvalue weighted by atomic mass is 10.2. The Labute approximate surface area is 136 Å². The molecule has 0 bridgehead atoms. The van der Waals surface area contributed by atoms with E-state index in [-0.39, 0.29) is 6.61 Å². The lowest BCUT2D eigenvalue weighted by Gasteiger charge is -2.07. The molecule has 0 saturated heterocycles. The molecular formula is C16H16BrNO4. The molecule has 0 atom stereocenters. The number of halogens is 1. The van der Waals surface area contributed by atoms with Gasteiger partial charge in [-0.25, -0.2) is 4.79 Å². The summed E-state index contributed by atoms with van der Waals surface area (Å²) in [4.78, 5) is 23.7. The van der Waals surface area contributed by atoms with Crippen LogP contribution in [0, 0.1) is 20.8 Å². The molecule has 2 rings (SSSR count). The summed E-state index contributed by atoms with van der Waals surface area (Å²) in [6.07, 6.45) is 0. The van der Waals surface area contributed by atoms with Crippen molar-refractivity contribution in [1.82, 2.24) is 0 Å². The third-order valence-corrected chi connectivity index (χ3v) is 3.91. The molecule has 1 amide bonds. The van der Waals surface area contributed by atoms with Gasteiger partial charge in [-0.2, -0.15) is 0 Å². The lowest BCUT2D eigenvalue weighted by Crippen LogP contribution is -2.21. The molecule has 0 saturated carbocycles. The number of benzene rings is 1. The Bertz CT molecular complexity index is 721. The highest BCUT2D eigenvalue weighted by atomic mass is 79.9. The van der Waals surface area contributed by atoms with Gasteiger partial charge in [0.2, 0.25) is 0 Å². The number of carbonyl (C=O) groups excluding carboxylic acids is 2. The normalized spacial score (nSPS) is 10.4. The van der Waals surface area contributed by atoms with Gasteiger partial charge in [0.1, 0.15) is 17.1 Å². The van der Waals surface area contributed by atoms with Crippen molar-refractivity contribution < 1.29 is 18.7 Å². The maximum atomic E-state index is 11.9. The lowest BCUT2D eigenvalue weighted by molar-refractivity contribution is -0.119. The number of nitrogens with one attached hydrogen (secondary N) is 1. The topological polar surface area (TPSA) is 68.5 Å². The molecule has 22 heavy (non-hydrogen) atoms. The third kappa shape index (κ3) is 3.98. The van der Waals surface area contributed by atoms with Crippen LogP contribution in [0.25, 0.3) is 0 Å². The molecule has 0 aliphatic carbocycles. The van der Waals surface area contributed by atoms with Gasteiger partial charge in [-0.1, -0.05) is 22.0 Å². The van der Waals surface area contributed by atoms with Crippen molar-refractivity contribution in [3.8, 4) is 0 Å². The van der Waals surface area contributed by atoms with Crippen LogP contribution in [0.5, 0.6) is 0 Å². The third-order valence-electron chi connectivity index (χ3n) is 3.05. The predicted octanol–water partition coefficient (Wildman–Crippen LogP) is 3.76. The van der Waals surface area contributed by atoms with Crippen molar-refractivity contribution in [3.63, 3.8) is 0 Å². The van der Waals surface area contributed by atoms with E-state index in [4.69, 9.17) is 9.15 Å². The molecule has 1 N–H and O–H groups in total. The Morgan fingerprint density at radius 2 is 1.95 bits per heavy atom. The fourth-order valence-corrected chi connectivity index (χ4v) is 2.29. The van der Waals surface area contributed by atoms with Gasteiger partial charge in [-0.3, -0.25) is 4.79 Å². The Balaban J connectivity index is 1.91. The zero-order valence-electron chi connectivity index (χ0n) is 12.5. The number of hydrogen-bond acceptors (Lipinski definition) is 4. The number of aryl methyl sites for hydroxylation is 3. The molecule has 0 spiro atoms. The summed E-state index contributed by atoms with van der Waals surface area (Å²) in [5.41, 5.74) is 2.03. The first kappa shape index (κ1) is 16.3. The molecule has 0 aliphatic heterocycles. The van der Waals surface area contributed by atoms with Crippen molar-refractivity contribution >= 4 is 33.5 Å². The molecule has 6 heteroatoms. The molecule has 0 fully saturated rings. The standard InChI is InChI=1S/C16H16BrNO4/c1-9-4-5-12(7-14(9)17)18-15(19)8-21-16(20)13-6-10(2)22-11(13)3/h4-7H,8H2,1-3H3,(H,18,19). The van der Waals surface area contributed by atoms with Crippen LogP contribution in [0.15, 0.2) is 33.2 Å². The maximum absolute atomic E-state index is 11.9. The second-order valence-electron chi connectivity index (χ2n) is 4.92. The van der Waals surface area contributed by atoms with E-state index < -0.39 is 11.9 Å². The minimum absolute atomic E-state index is 0.336. The van der Waals surface area contributed by atoms with Crippen LogP contribution in [-0.2, 0) is 9.53 Å². The predicted molar refractivity (Wildman–Crippen MR) is 86.0 cm³/mol. The highest BCUT2D eigenvalue weighted by molar-refractivity contribution is 9.10. The molecule has 2 aromatic rings. The summed E-state index contributed by atoms with van der Waals surface area (Å²) >= 11 is 3.39. The van der Waals surface area contributed by atoms with E-state index in [9.17, 15) is 9.59 Å². The number of anilines is 1. The van der Waals surface area contributed by atoms with Gasteiger partial charge in [-0.15, -0.1) is 0 Å². The van der Waals surface area contributed by atoms with Crippen molar-refractivity contribution in [2.75, 3.05) is 11.9 Å². The van der Waals surface area contributed by atoms with E-state index in [1.807, 2.05) is 13.0 Å². The molecule has 0 aliphatic rings. The SMILES string of the molecule is Cc1cc(C(=O)OCC(=O)Nc2ccc(C)c(Br)c2)c(C)o1. The van der Waals surface area contributed by atoms with E-state index in [2.05, 4.69) is 21.2 Å².